The van der Waals surface area contributed by atoms with Gasteiger partial charge < -0.3 is 9.84 Å². The highest BCUT2D eigenvalue weighted by Gasteiger charge is 2.11. The molecule has 2 rings (SSSR count). The first-order valence-corrected chi connectivity index (χ1v) is 6.82. The highest BCUT2D eigenvalue weighted by molar-refractivity contribution is 5.38. The summed E-state index contributed by atoms with van der Waals surface area (Å²) in [5.41, 5.74) is 2.90. The summed E-state index contributed by atoms with van der Waals surface area (Å²) < 4.78 is 6.93. The van der Waals surface area contributed by atoms with Crippen LogP contribution in [0.3, 0.4) is 0 Å². The number of hydrogen-bond donors (Lipinski definition) is 1. The van der Waals surface area contributed by atoms with Gasteiger partial charge in [0.25, 0.3) is 0 Å². The molecule has 5 heteroatoms. The van der Waals surface area contributed by atoms with Gasteiger partial charge in [0.15, 0.2) is 0 Å². The fourth-order valence-electron chi connectivity index (χ4n) is 2.32. The van der Waals surface area contributed by atoms with Crippen molar-refractivity contribution in [3.63, 3.8) is 0 Å². The Bertz CT molecular complexity index is 705. The van der Waals surface area contributed by atoms with Crippen molar-refractivity contribution >= 4 is 0 Å². The molecule has 1 aromatic heterocycles. The standard InChI is InChI=1S/C16H20N2O3/c1-10-7-11(2)18(16(20)17-10)9-14-8-13(12(3)19)5-6-15(14)21-4/h5-8,12,19H,9H2,1-4H3. The smallest absolute Gasteiger partial charge is 0.348 e. The van der Waals surface area contributed by atoms with Gasteiger partial charge in [-0.25, -0.2) is 4.79 Å². The number of ether oxygens (including phenoxy) is 1. The van der Waals surface area contributed by atoms with E-state index in [1.807, 2.05) is 25.1 Å². The van der Waals surface area contributed by atoms with Crippen molar-refractivity contribution in [3.05, 3.63) is 57.3 Å². The van der Waals surface area contributed by atoms with Crippen molar-refractivity contribution in [2.75, 3.05) is 7.11 Å². The van der Waals surface area contributed by atoms with Gasteiger partial charge in [0.2, 0.25) is 0 Å². The Morgan fingerprint density at radius 2 is 2.05 bits per heavy atom. The summed E-state index contributed by atoms with van der Waals surface area (Å²) >= 11 is 0. The van der Waals surface area contributed by atoms with Crippen LogP contribution in [0.4, 0.5) is 0 Å². The first kappa shape index (κ1) is 15.3. The van der Waals surface area contributed by atoms with E-state index in [0.29, 0.717) is 18.0 Å². The van der Waals surface area contributed by atoms with Crippen LogP contribution in [0, 0.1) is 13.8 Å². The molecule has 1 heterocycles. The van der Waals surface area contributed by atoms with Crippen molar-refractivity contribution in [2.45, 2.75) is 33.4 Å². The fourth-order valence-corrected chi connectivity index (χ4v) is 2.32. The second-order valence-electron chi connectivity index (χ2n) is 5.15. The molecule has 0 aliphatic rings. The fraction of sp³-hybridized carbons (Fsp3) is 0.375. The Labute approximate surface area is 123 Å². The molecule has 21 heavy (non-hydrogen) atoms. The van der Waals surface area contributed by atoms with Crippen LogP contribution < -0.4 is 10.4 Å². The number of nitrogens with zero attached hydrogens (tertiary/aromatic N) is 2. The van der Waals surface area contributed by atoms with Gasteiger partial charge in [0.1, 0.15) is 5.75 Å². The molecule has 1 aromatic carbocycles. The molecular weight excluding hydrogens is 268 g/mol. The van der Waals surface area contributed by atoms with Gasteiger partial charge in [-0.3, -0.25) is 4.57 Å². The van der Waals surface area contributed by atoms with Crippen molar-refractivity contribution in [3.8, 4) is 5.75 Å². The lowest BCUT2D eigenvalue weighted by Crippen LogP contribution is -2.26. The molecule has 1 atom stereocenters. The van der Waals surface area contributed by atoms with Crippen molar-refractivity contribution in [2.24, 2.45) is 0 Å². The van der Waals surface area contributed by atoms with E-state index in [2.05, 4.69) is 4.98 Å². The minimum Gasteiger partial charge on any atom is -0.496 e. The highest BCUT2D eigenvalue weighted by Crippen LogP contribution is 2.24. The second-order valence-corrected chi connectivity index (χ2v) is 5.15. The number of aliphatic hydroxyl groups is 1. The van der Waals surface area contributed by atoms with E-state index in [1.54, 1.807) is 31.6 Å². The predicted molar refractivity (Wildman–Crippen MR) is 80.7 cm³/mol. The van der Waals surface area contributed by atoms with Crippen LogP contribution in [0.25, 0.3) is 0 Å². The number of hydrogen-bond acceptors (Lipinski definition) is 4. The lowest BCUT2D eigenvalue weighted by Gasteiger charge is -2.15. The average molecular weight is 288 g/mol. The normalized spacial score (nSPS) is 12.2. The molecule has 112 valence electrons. The van der Waals surface area contributed by atoms with Crippen LogP contribution in [-0.4, -0.2) is 21.8 Å². The summed E-state index contributed by atoms with van der Waals surface area (Å²) in [4.78, 5) is 16.0. The molecule has 1 unspecified atom stereocenters. The van der Waals surface area contributed by atoms with Gasteiger partial charge in [-0.2, -0.15) is 4.98 Å². The number of aryl methyl sites for hydroxylation is 2. The van der Waals surface area contributed by atoms with Crippen LogP contribution >= 0.6 is 0 Å². The third-order valence-corrected chi connectivity index (χ3v) is 3.46. The van der Waals surface area contributed by atoms with Crippen LogP contribution in [0.1, 0.15) is 35.5 Å². The van der Waals surface area contributed by atoms with E-state index in [9.17, 15) is 9.90 Å². The van der Waals surface area contributed by atoms with Gasteiger partial charge in [-0.15, -0.1) is 0 Å². The number of benzene rings is 1. The molecular formula is C16H20N2O3. The molecule has 0 radical (unpaired) electrons. The predicted octanol–water partition coefficient (Wildman–Crippen LogP) is 1.97. The molecule has 0 aliphatic heterocycles. The Morgan fingerprint density at radius 3 is 2.62 bits per heavy atom. The number of rotatable bonds is 4. The maximum atomic E-state index is 12.0. The van der Waals surface area contributed by atoms with Crippen LogP contribution in [-0.2, 0) is 6.54 Å². The molecule has 0 fully saturated rings. The molecule has 0 saturated heterocycles. The van der Waals surface area contributed by atoms with Crippen molar-refractivity contribution in [1.29, 1.82) is 0 Å². The van der Waals surface area contributed by atoms with E-state index in [1.165, 1.54) is 0 Å². The lowest BCUT2D eigenvalue weighted by atomic mass is 10.1. The van der Waals surface area contributed by atoms with Crippen LogP contribution in [0.15, 0.2) is 29.1 Å². The molecule has 2 aromatic rings. The number of aromatic nitrogens is 2. The molecule has 0 bridgehead atoms. The molecule has 1 N–H and O–H groups in total. The Balaban J connectivity index is 2.48. The lowest BCUT2D eigenvalue weighted by molar-refractivity contribution is 0.199. The van der Waals surface area contributed by atoms with Gasteiger partial charge in [-0.05, 0) is 44.5 Å². The molecule has 0 aliphatic carbocycles. The number of methoxy groups -OCH3 is 1. The van der Waals surface area contributed by atoms with Crippen molar-refractivity contribution < 1.29 is 9.84 Å². The Hall–Kier alpha value is -2.14. The SMILES string of the molecule is COc1ccc(C(C)O)cc1Cn1c(C)cc(C)nc1=O. The summed E-state index contributed by atoms with van der Waals surface area (Å²) in [6.45, 7) is 5.74. The maximum absolute atomic E-state index is 12.0. The zero-order chi connectivity index (χ0) is 15.6. The maximum Gasteiger partial charge on any atom is 0.348 e. The van der Waals surface area contributed by atoms with E-state index in [4.69, 9.17) is 4.74 Å². The van der Waals surface area contributed by atoms with Gasteiger partial charge >= 0.3 is 5.69 Å². The summed E-state index contributed by atoms with van der Waals surface area (Å²) in [7, 11) is 1.59. The minimum atomic E-state index is -0.566. The molecule has 5 nitrogen and oxygen atoms in total. The van der Waals surface area contributed by atoms with Gasteiger partial charge in [0.05, 0.1) is 19.8 Å². The average Bonchev–Trinajstić information content (AvgIpc) is 2.42. The topological polar surface area (TPSA) is 64.3 Å². The summed E-state index contributed by atoms with van der Waals surface area (Å²) in [6, 6.07) is 7.34. The quantitative estimate of drug-likeness (QED) is 0.934. The molecule has 0 saturated carbocycles. The van der Waals surface area contributed by atoms with E-state index >= 15 is 0 Å². The zero-order valence-electron chi connectivity index (χ0n) is 12.8. The van der Waals surface area contributed by atoms with Crippen LogP contribution in [0.5, 0.6) is 5.75 Å². The largest absolute Gasteiger partial charge is 0.496 e. The summed E-state index contributed by atoms with van der Waals surface area (Å²) in [5, 5.41) is 9.70. The third kappa shape index (κ3) is 3.31. The Morgan fingerprint density at radius 1 is 1.33 bits per heavy atom. The molecule has 0 spiro atoms. The van der Waals surface area contributed by atoms with Gasteiger partial charge in [0, 0.05) is 17.0 Å². The van der Waals surface area contributed by atoms with E-state index < -0.39 is 6.10 Å². The summed E-state index contributed by atoms with van der Waals surface area (Å²) in [5.74, 6) is 0.686. The molecule has 0 amide bonds. The monoisotopic (exact) mass is 288 g/mol. The highest BCUT2D eigenvalue weighted by atomic mass is 16.5. The van der Waals surface area contributed by atoms with E-state index in [0.717, 1.165) is 16.8 Å². The number of aliphatic hydroxyl groups excluding tert-OH is 1. The second kappa shape index (κ2) is 6.10. The zero-order valence-corrected chi connectivity index (χ0v) is 12.8. The van der Waals surface area contributed by atoms with Gasteiger partial charge in [-0.1, -0.05) is 6.07 Å². The summed E-state index contributed by atoms with van der Waals surface area (Å²) in [6.07, 6.45) is -0.566. The van der Waals surface area contributed by atoms with Crippen molar-refractivity contribution in [1.82, 2.24) is 9.55 Å². The van der Waals surface area contributed by atoms with Crippen LogP contribution in [0.2, 0.25) is 0 Å². The minimum absolute atomic E-state index is 0.281. The third-order valence-electron chi connectivity index (χ3n) is 3.46. The Kier molecular flexibility index (Phi) is 4.43. The first-order valence-electron chi connectivity index (χ1n) is 6.82. The van der Waals surface area contributed by atoms with E-state index in [-0.39, 0.29) is 5.69 Å². The first-order chi connectivity index (χ1) is 9.92.